The second-order valence-corrected chi connectivity index (χ2v) is 7.34. The largest absolute Gasteiger partial charge is 0.0918 e. The van der Waals surface area contributed by atoms with Crippen molar-refractivity contribution < 1.29 is 0 Å². The van der Waals surface area contributed by atoms with Crippen molar-refractivity contribution >= 4 is 59.4 Å². The van der Waals surface area contributed by atoms with Crippen LogP contribution < -0.4 is 0 Å². The van der Waals surface area contributed by atoms with Crippen LogP contribution in [-0.4, -0.2) is 10.7 Å². The zero-order valence-electron chi connectivity index (χ0n) is 10.8. The molecule has 0 heterocycles. The second kappa shape index (κ2) is 7.44. The molecule has 0 N–H and O–H groups in total. The minimum absolute atomic E-state index is 0.00840. The van der Waals surface area contributed by atoms with E-state index in [4.69, 9.17) is 11.6 Å². The van der Waals surface area contributed by atoms with Gasteiger partial charge in [-0.25, -0.2) is 0 Å². The van der Waals surface area contributed by atoms with Gasteiger partial charge in [-0.05, 0) is 41.8 Å². The van der Waals surface area contributed by atoms with E-state index in [2.05, 4.69) is 78.1 Å². The first-order valence-electron chi connectivity index (χ1n) is 6.22. The zero-order valence-corrected chi connectivity index (χ0v) is 16.3. The molecule has 2 aromatic carbocycles. The summed E-state index contributed by atoms with van der Waals surface area (Å²) < 4.78 is 1.10. The maximum atomic E-state index is 6.10. The van der Waals surface area contributed by atoms with Crippen LogP contribution >= 0.6 is 59.4 Å². The zero-order chi connectivity index (χ0) is 14.6. The lowest BCUT2D eigenvalue weighted by atomic mass is 9.79. The van der Waals surface area contributed by atoms with Crippen molar-refractivity contribution in [3.05, 3.63) is 69.2 Å². The molecule has 0 atom stereocenters. The Balaban J connectivity index is 2.39. The smallest absolute Gasteiger partial charge is 0.0408 e. The van der Waals surface area contributed by atoms with E-state index in [1.807, 2.05) is 18.2 Å². The molecule has 2 rings (SSSR count). The van der Waals surface area contributed by atoms with E-state index in [-0.39, 0.29) is 5.41 Å². The molecule has 0 spiro atoms. The van der Waals surface area contributed by atoms with Crippen LogP contribution in [0.4, 0.5) is 0 Å². The standard InChI is InChI=1S/C16H14Br3Cl/c17-10-16(11-18,13-4-2-5-14(19)8-13)9-12-3-1-6-15(20)7-12/h1-8H,9-11H2. The predicted octanol–water partition coefficient (Wildman–Crippen LogP) is 6.37. The molecule has 0 bridgehead atoms. The third kappa shape index (κ3) is 3.88. The monoisotopic (exact) mass is 478 g/mol. The Labute approximate surface area is 150 Å². The molecule has 0 saturated heterocycles. The Morgan fingerprint density at radius 2 is 1.65 bits per heavy atom. The van der Waals surface area contributed by atoms with Gasteiger partial charge in [0.05, 0.1) is 0 Å². The van der Waals surface area contributed by atoms with E-state index in [1.54, 1.807) is 0 Å². The number of alkyl halides is 2. The number of hydrogen-bond donors (Lipinski definition) is 0. The first kappa shape index (κ1) is 16.5. The van der Waals surface area contributed by atoms with Crippen molar-refractivity contribution in [2.75, 3.05) is 10.7 Å². The maximum Gasteiger partial charge on any atom is 0.0408 e. The van der Waals surface area contributed by atoms with Crippen molar-refractivity contribution in [2.24, 2.45) is 0 Å². The third-order valence-electron chi connectivity index (χ3n) is 3.38. The fourth-order valence-electron chi connectivity index (χ4n) is 2.24. The average molecular weight is 481 g/mol. The molecule has 0 unspecified atom stereocenters. The molecule has 2 aromatic rings. The third-order valence-corrected chi connectivity index (χ3v) is 6.26. The second-order valence-electron chi connectivity index (χ2n) is 4.86. The van der Waals surface area contributed by atoms with E-state index in [0.717, 1.165) is 26.6 Å². The minimum atomic E-state index is 0.00840. The van der Waals surface area contributed by atoms with Crippen molar-refractivity contribution in [3.8, 4) is 0 Å². The SMILES string of the molecule is Clc1cccc(CC(CBr)(CBr)c2cccc(Br)c2)c1. The van der Waals surface area contributed by atoms with Gasteiger partial charge < -0.3 is 0 Å². The van der Waals surface area contributed by atoms with Gasteiger partial charge >= 0.3 is 0 Å². The fraction of sp³-hybridized carbons (Fsp3) is 0.250. The highest BCUT2D eigenvalue weighted by Crippen LogP contribution is 2.34. The van der Waals surface area contributed by atoms with E-state index < -0.39 is 0 Å². The summed E-state index contributed by atoms with van der Waals surface area (Å²) in [7, 11) is 0. The molecule has 0 amide bonds. The van der Waals surface area contributed by atoms with Crippen LogP contribution in [0.15, 0.2) is 53.0 Å². The summed E-state index contributed by atoms with van der Waals surface area (Å²) >= 11 is 17.0. The number of benzene rings is 2. The van der Waals surface area contributed by atoms with E-state index >= 15 is 0 Å². The molecular formula is C16H14Br3Cl. The van der Waals surface area contributed by atoms with E-state index in [0.29, 0.717) is 0 Å². The lowest BCUT2D eigenvalue weighted by Crippen LogP contribution is -2.33. The normalized spacial score (nSPS) is 11.6. The van der Waals surface area contributed by atoms with Crippen LogP contribution in [0, 0.1) is 0 Å². The Morgan fingerprint density at radius 3 is 2.25 bits per heavy atom. The molecule has 0 aliphatic rings. The summed E-state index contributed by atoms with van der Waals surface area (Å²) in [6.45, 7) is 0. The van der Waals surface area contributed by atoms with E-state index in [9.17, 15) is 0 Å². The highest BCUT2D eigenvalue weighted by atomic mass is 79.9. The van der Waals surface area contributed by atoms with Gasteiger partial charge in [0.15, 0.2) is 0 Å². The molecule has 0 saturated carbocycles. The first-order valence-corrected chi connectivity index (χ1v) is 9.63. The fourth-order valence-corrected chi connectivity index (χ4v) is 4.83. The quantitative estimate of drug-likeness (QED) is 0.435. The summed E-state index contributed by atoms with van der Waals surface area (Å²) in [5, 5.41) is 2.55. The molecule has 0 radical (unpaired) electrons. The topological polar surface area (TPSA) is 0 Å². The van der Waals surface area contributed by atoms with Crippen LogP contribution in [0.5, 0.6) is 0 Å². The Bertz CT molecular complexity index is 579. The van der Waals surface area contributed by atoms with Gasteiger partial charge in [-0.3, -0.25) is 0 Å². The van der Waals surface area contributed by atoms with E-state index in [1.165, 1.54) is 11.1 Å². The van der Waals surface area contributed by atoms with Crippen LogP contribution in [0.3, 0.4) is 0 Å². The summed E-state index contributed by atoms with van der Waals surface area (Å²) in [6, 6.07) is 16.6. The number of hydrogen-bond acceptors (Lipinski definition) is 0. The van der Waals surface area contributed by atoms with Crippen LogP contribution in [0.1, 0.15) is 11.1 Å². The molecular weight excluding hydrogens is 467 g/mol. The molecule has 0 nitrogen and oxygen atoms in total. The summed E-state index contributed by atoms with van der Waals surface area (Å²) in [5.41, 5.74) is 2.56. The Kier molecular flexibility index (Phi) is 6.15. The number of rotatable bonds is 5. The lowest BCUT2D eigenvalue weighted by Gasteiger charge is -2.31. The summed E-state index contributed by atoms with van der Waals surface area (Å²) in [5.74, 6) is 0. The highest BCUT2D eigenvalue weighted by molar-refractivity contribution is 9.10. The lowest BCUT2D eigenvalue weighted by molar-refractivity contribution is 0.551. The molecule has 0 aromatic heterocycles. The Hall–Kier alpha value is 0.170. The van der Waals surface area contributed by atoms with Gasteiger partial charge in [-0.1, -0.05) is 83.7 Å². The van der Waals surface area contributed by atoms with Crippen LogP contribution in [0.2, 0.25) is 5.02 Å². The van der Waals surface area contributed by atoms with Gasteiger partial charge in [0.1, 0.15) is 0 Å². The molecule has 0 aliphatic heterocycles. The van der Waals surface area contributed by atoms with Gasteiger partial charge in [-0.2, -0.15) is 0 Å². The average Bonchev–Trinajstić information content (AvgIpc) is 2.45. The van der Waals surface area contributed by atoms with Gasteiger partial charge in [0.2, 0.25) is 0 Å². The van der Waals surface area contributed by atoms with Crippen LogP contribution in [-0.2, 0) is 11.8 Å². The predicted molar refractivity (Wildman–Crippen MR) is 98.6 cm³/mol. The van der Waals surface area contributed by atoms with Crippen molar-refractivity contribution in [2.45, 2.75) is 11.8 Å². The van der Waals surface area contributed by atoms with Crippen molar-refractivity contribution in [1.82, 2.24) is 0 Å². The molecule has 106 valence electrons. The van der Waals surface area contributed by atoms with Crippen molar-refractivity contribution in [3.63, 3.8) is 0 Å². The van der Waals surface area contributed by atoms with Gasteiger partial charge in [-0.15, -0.1) is 0 Å². The van der Waals surface area contributed by atoms with Gasteiger partial charge in [0.25, 0.3) is 0 Å². The van der Waals surface area contributed by atoms with Crippen LogP contribution in [0.25, 0.3) is 0 Å². The number of halogens is 4. The van der Waals surface area contributed by atoms with Gasteiger partial charge in [0, 0.05) is 25.6 Å². The van der Waals surface area contributed by atoms with Crippen molar-refractivity contribution in [1.29, 1.82) is 0 Å². The molecule has 4 heteroatoms. The highest BCUT2D eigenvalue weighted by Gasteiger charge is 2.30. The Morgan fingerprint density at radius 1 is 0.950 bits per heavy atom. The molecule has 20 heavy (non-hydrogen) atoms. The summed E-state index contributed by atoms with van der Waals surface area (Å²) in [6.07, 6.45) is 0.931. The minimum Gasteiger partial charge on any atom is -0.0918 e. The maximum absolute atomic E-state index is 6.10. The molecule has 0 fully saturated rings. The summed E-state index contributed by atoms with van der Waals surface area (Å²) in [4.78, 5) is 0. The first-order chi connectivity index (χ1) is 9.59. The molecule has 0 aliphatic carbocycles.